The quantitative estimate of drug-likeness (QED) is 0.654. The van der Waals surface area contributed by atoms with Crippen molar-refractivity contribution >= 4 is 17.9 Å². The molecule has 10 heteroatoms. The van der Waals surface area contributed by atoms with Gasteiger partial charge in [-0.25, -0.2) is 14.3 Å². The molecule has 0 saturated heterocycles. The van der Waals surface area contributed by atoms with Crippen molar-refractivity contribution < 1.29 is 28.5 Å². The number of esters is 2. The van der Waals surface area contributed by atoms with Crippen molar-refractivity contribution in [1.29, 1.82) is 0 Å². The average molecular weight is 456 g/mol. The van der Waals surface area contributed by atoms with Crippen molar-refractivity contribution in [2.24, 2.45) is 0 Å². The van der Waals surface area contributed by atoms with Crippen LogP contribution in [0.5, 0.6) is 11.5 Å². The Bertz CT molecular complexity index is 1090. The van der Waals surface area contributed by atoms with Gasteiger partial charge in [-0.15, -0.1) is 5.10 Å². The van der Waals surface area contributed by atoms with Gasteiger partial charge in [-0.3, -0.25) is 0 Å². The molecule has 1 aromatic carbocycles. The first-order chi connectivity index (χ1) is 16.0. The van der Waals surface area contributed by atoms with Gasteiger partial charge in [-0.2, -0.15) is 4.98 Å². The Morgan fingerprint density at radius 3 is 2.42 bits per heavy atom. The molecule has 1 aromatic heterocycles. The van der Waals surface area contributed by atoms with Gasteiger partial charge in [0.2, 0.25) is 5.95 Å². The summed E-state index contributed by atoms with van der Waals surface area (Å²) in [6.45, 7) is 1.78. The van der Waals surface area contributed by atoms with Gasteiger partial charge in [0.1, 0.15) is 12.1 Å². The molecule has 0 bridgehead atoms. The van der Waals surface area contributed by atoms with Crippen LogP contribution in [-0.4, -0.2) is 54.1 Å². The highest BCUT2D eigenvalue weighted by Crippen LogP contribution is 2.39. The van der Waals surface area contributed by atoms with Gasteiger partial charge in [-0.05, 0) is 50.3 Å². The van der Waals surface area contributed by atoms with Crippen LogP contribution in [0, 0.1) is 0 Å². The number of carbonyl (C=O) groups is 2. The number of fused-ring (bicyclic) bond motifs is 1. The molecule has 1 atom stereocenters. The summed E-state index contributed by atoms with van der Waals surface area (Å²) in [6.07, 6.45) is 4.85. The van der Waals surface area contributed by atoms with Gasteiger partial charge < -0.3 is 24.3 Å². The molecular formula is C23H28N4O6. The zero-order chi connectivity index (χ0) is 23.5. The lowest BCUT2D eigenvalue weighted by Gasteiger charge is -2.30. The summed E-state index contributed by atoms with van der Waals surface area (Å²) in [5, 5.41) is 7.43. The Hall–Kier alpha value is -3.56. The number of carbonyl (C=O) groups excluding carboxylic acids is 2. The predicted molar refractivity (Wildman–Crippen MR) is 118 cm³/mol. The lowest BCUT2D eigenvalue weighted by Crippen LogP contribution is -2.32. The highest BCUT2D eigenvalue weighted by molar-refractivity contribution is 5.93. The fourth-order valence-corrected chi connectivity index (χ4v) is 4.32. The number of anilines is 1. The number of hydrogen-bond acceptors (Lipinski definition) is 9. The largest absolute Gasteiger partial charge is 0.493 e. The van der Waals surface area contributed by atoms with Crippen molar-refractivity contribution in [2.45, 2.75) is 51.2 Å². The van der Waals surface area contributed by atoms with Crippen LogP contribution >= 0.6 is 0 Å². The van der Waals surface area contributed by atoms with Gasteiger partial charge in [0.05, 0.1) is 26.9 Å². The standard InChI is InChI=1S/C23H28N4O6/c1-13-18(21(28)33-15-8-6-5-7-9-15)19(14-10-11-16(30-2)17(12-14)31-3)27-23(24-13)25-20(26-27)22(29)32-4/h10-12,15,19H,5-9H2,1-4H3,(H,24,25,26)/t19-/m1/s1. The van der Waals surface area contributed by atoms with E-state index < -0.39 is 18.0 Å². The van der Waals surface area contributed by atoms with Crippen molar-refractivity contribution in [3.63, 3.8) is 0 Å². The molecule has 176 valence electrons. The second-order valence-corrected chi connectivity index (χ2v) is 8.04. The molecule has 1 saturated carbocycles. The zero-order valence-electron chi connectivity index (χ0n) is 19.2. The monoisotopic (exact) mass is 456 g/mol. The second kappa shape index (κ2) is 9.51. The Kier molecular flexibility index (Phi) is 6.52. The molecule has 0 amide bonds. The number of benzene rings is 1. The van der Waals surface area contributed by atoms with E-state index in [4.69, 9.17) is 18.9 Å². The van der Waals surface area contributed by atoms with E-state index in [0.717, 1.165) is 32.1 Å². The Balaban J connectivity index is 1.79. The number of aromatic nitrogens is 3. The number of nitrogens with zero attached hydrogens (tertiary/aromatic N) is 3. The van der Waals surface area contributed by atoms with Crippen LogP contribution in [0.15, 0.2) is 29.5 Å². The SMILES string of the molecule is COC(=O)c1nc2n(n1)[C@H](c1ccc(OC)c(OC)c1)C(C(=O)OC1CCCCC1)=C(C)N2. The first kappa shape index (κ1) is 22.6. The predicted octanol–water partition coefficient (Wildman–Crippen LogP) is 3.25. The lowest BCUT2D eigenvalue weighted by atomic mass is 9.94. The molecule has 1 aliphatic carbocycles. The molecule has 10 nitrogen and oxygen atoms in total. The van der Waals surface area contributed by atoms with E-state index in [-0.39, 0.29) is 11.9 Å². The van der Waals surface area contributed by atoms with Crippen LogP contribution < -0.4 is 14.8 Å². The molecule has 1 fully saturated rings. The molecular weight excluding hydrogens is 428 g/mol. The molecule has 0 radical (unpaired) electrons. The first-order valence-electron chi connectivity index (χ1n) is 10.9. The Morgan fingerprint density at radius 2 is 1.76 bits per heavy atom. The minimum absolute atomic E-state index is 0.111. The summed E-state index contributed by atoms with van der Waals surface area (Å²) >= 11 is 0. The van der Waals surface area contributed by atoms with Crippen LogP contribution in [0.2, 0.25) is 0 Å². The summed E-state index contributed by atoms with van der Waals surface area (Å²) < 4.78 is 23.0. The normalized spacial score (nSPS) is 18.2. The average Bonchev–Trinajstić information content (AvgIpc) is 3.26. The third-order valence-corrected chi connectivity index (χ3v) is 5.99. The first-order valence-corrected chi connectivity index (χ1v) is 10.9. The van der Waals surface area contributed by atoms with E-state index >= 15 is 0 Å². The Morgan fingerprint density at radius 1 is 1.03 bits per heavy atom. The second-order valence-electron chi connectivity index (χ2n) is 8.04. The van der Waals surface area contributed by atoms with Crippen LogP contribution in [0.4, 0.5) is 5.95 Å². The molecule has 2 heterocycles. The van der Waals surface area contributed by atoms with Crippen LogP contribution in [0.25, 0.3) is 0 Å². The topological polar surface area (TPSA) is 114 Å². The van der Waals surface area contributed by atoms with Crippen LogP contribution in [0.3, 0.4) is 0 Å². The minimum Gasteiger partial charge on any atom is -0.493 e. The summed E-state index contributed by atoms with van der Waals surface area (Å²) in [6, 6.07) is 4.66. The third kappa shape index (κ3) is 4.37. The summed E-state index contributed by atoms with van der Waals surface area (Å²) in [7, 11) is 4.36. The van der Waals surface area contributed by atoms with Gasteiger partial charge in [-0.1, -0.05) is 12.5 Å². The molecule has 1 aliphatic heterocycles. The molecule has 2 aromatic rings. The fourth-order valence-electron chi connectivity index (χ4n) is 4.32. The van der Waals surface area contributed by atoms with E-state index in [0.29, 0.717) is 34.3 Å². The van der Waals surface area contributed by atoms with Crippen molar-refractivity contribution in [3.05, 3.63) is 40.9 Å². The van der Waals surface area contributed by atoms with Gasteiger partial charge >= 0.3 is 11.9 Å². The van der Waals surface area contributed by atoms with Crippen LogP contribution in [0.1, 0.15) is 61.3 Å². The number of rotatable bonds is 6. The van der Waals surface area contributed by atoms with Crippen LogP contribution in [-0.2, 0) is 14.3 Å². The highest BCUT2D eigenvalue weighted by Gasteiger charge is 2.37. The van der Waals surface area contributed by atoms with Gasteiger partial charge in [0.15, 0.2) is 11.5 Å². The highest BCUT2D eigenvalue weighted by atomic mass is 16.5. The molecule has 1 N–H and O–H groups in total. The summed E-state index contributed by atoms with van der Waals surface area (Å²) in [5.74, 6) is 0.167. The number of hydrogen-bond donors (Lipinski definition) is 1. The van der Waals surface area contributed by atoms with Gasteiger partial charge in [0.25, 0.3) is 5.82 Å². The molecule has 2 aliphatic rings. The van der Waals surface area contributed by atoms with E-state index in [1.54, 1.807) is 33.3 Å². The number of methoxy groups -OCH3 is 3. The van der Waals surface area contributed by atoms with E-state index in [1.165, 1.54) is 11.8 Å². The van der Waals surface area contributed by atoms with Crippen molar-refractivity contribution in [1.82, 2.24) is 14.8 Å². The molecule has 4 rings (SSSR count). The maximum Gasteiger partial charge on any atom is 0.378 e. The number of allylic oxidation sites excluding steroid dienone is 1. The maximum atomic E-state index is 13.4. The number of nitrogens with one attached hydrogen (secondary N) is 1. The van der Waals surface area contributed by atoms with E-state index in [2.05, 4.69) is 15.4 Å². The van der Waals surface area contributed by atoms with E-state index in [9.17, 15) is 9.59 Å². The molecule has 33 heavy (non-hydrogen) atoms. The molecule has 0 unspecified atom stereocenters. The number of ether oxygens (including phenoxy) is 4. The maximum absolute atomic E-state index is 13.4. The lowest BCUT2D eigenvalue weighted by molar-refractivity contribution is -0.146. The Labute approximate surface area is 191 Å². The third-order valence-electron chi connectivity index (χ3n) is 5.99. The van der Waals surface area contributed by atoms with Crippen molar-refractivity contribution in [3.8, 4) is 11.5 Å². The van der Waals surface area contributed by atoms with Crippen molar-refractivity contribution in [2.75, 3.05) is 26.6 Å². The minimum atomic E-state index is -0.692. The summed E-state index contributed by atoms with van der Waals surface area (Å²) in [5.41, 5.74) is 1.67. The smallest absolute Gasteiger partial charge is 0.378 e. The fraction of sp³-hybridized carbons (Fsp3) is 0.478. The van der Waals surface area contributed by atoms with E-state index in [1.807, 2.05) is 6.07 Å². The summed E-state index contributed by atoms with van der Waals surface area (Å²) in [4.78, 5) is 29.8. The zero-order valence-corrected chi connectivity index (χ0v) is 19.2. The molecule has 0 spiro atoms. The van der Waals surface area contributed by atoms with Gasteiger partial charge in [0, 0.05) is 5.70 Å².